The van der Waals surface area contributed by atoms with Crippen molar-refractivity contribution in [3.63, 3.8) is 0 Å². The van der Waals surface area contributed by atoms with Crippen molar-refractivity contribution < 1.29 is 17.6 Å². The van der Waals surface area contributed by atoms with Gasteiger partial charge in [0.15, 0.2) is 0 Å². The third kappa shape index (κ3) is 3.95. The van der Waals surface area contributed by atoms with E-state index in [4.69, 9.17) is 0 Å². The lowest BCUT2D eigenvalue weighted by atomic mass is 10.2. The van der Waals surface area contributed by atoms with E-state index in [1.807, 2.05) is 0 Å². The van der Waals surface area contributed by atoms with Crippen LogP contribution in [-0.2, 0) is 10.0 Å². The summed E-state index contributed by atoms with van der Waals surface area (Å²) in [6.07, 6.45) is 4.79. The Morgan fingerprint density at radius 3 is 2.41 bits per heavy atom. The number of anilines is 1. The summed E-state index contributed by atoms with van der Waals surface area (Å²) in [6, 6.07) is 5.05. The average Bonchev–Trinajstić information content (AvgIpc) is 2.92. The van der Waals surface area contributed by atoms with Crippen molar-refractivity contribution in [2.24, 2.45) is 0 Å². The smallest absolute Gasteiger partial charge is 0.269 e. The fraction of sp³-hybridized carbons (Fsp3) is 0.421. The van der Waals surface area contributed by atoms with E-state index in [0.29, 0.717) is 6.42 Å². The number of sulfonamides is 1. The van der Waals surface area contributed by atoms with E-state index in [9.17, 15) is 17.6 Å². The van der Waals surface area contributed by atoms with E-state index in [2.05, 4.69) is 19.8 Å². The van der Waals surface area contributed by atoms with E-state index in [-0.39, 0.29) is 17.0 Å². The average molecular weight is 419 g/mol. The van der Waals surface area contributed by atoms with Crippen molar-refractivity contribution in [2.45, 2.75) is 17.7 Å². The Hall–Kier alpha value is -2.59. The van der Waals surface area contributed by atoms with Gasteiger partial charge in [-0.3, -0.25) is 9.69 Å². The van der Waals surface area contributed by atoms with Crippen LogP contribution >= 0.6 is 0 Å². The van der Waals surface area contributed by atoms with Crippen LogP contribution in [-0.4, -0.2) is 72.8 Å². The van der Waals surface area contributed by atoms with Gasteiger partial charge in [-0.1, -0.05) is 0 Å². The van der Waals surface area contributed by atoms with E-state index in [0.717, 1.165) is 61.5 Å². The first-order valence-electron chi connectivity index (χ1n) is 9.58. The van der Waals surface area contributed by atoms with Gasteiger partial charge in [0.25, 0.3) is 15.9 Å². The predicted molar refractivity (Wildman–Crippen MR) is 105 cm³/mol. The minimum absolute atomic E-state index is 0.0469. The van der Waals surface area contributed by atoms with Gasteiger partial charge in [-0.05, 0) is 43.7 Å². The molecule has 2 aliphatic rings. The molecule has 1 fully saturated rings. The first-order chi connectivity index (χ1) is 14.0. The van der Waals surface area contributed by atoms with Gasteiger partial charge in [0.2, 0.25) is 5.95 Å². The first kappa shape index (κ1) is 19.7. The third-order valence-electron chi connectivity index (χ3n) is 5.26. The summed E-state index contributed by atoms with van der Waals surface area (Å²) >= 11 is 0. The number of halogens is 1. The number of carbonyl (C=O) groups excluding carboxylic acids is 1. The van der Waals surface area contributed by atoms with E-state index < -0.39 is 21.7 Å². The van der Waals surface area contributed by atoms with Crippen LogP contribution in [0.5, 0.6) is 0 Å². The van der Waals surface area contributed by atoms with E-state index >= 15 is 0 Å². The van der Waals surface area contributed by atoms with Crippen LogP contribution in [0.1, 0.15) is 23.2 Å². The molecule has 2 aromatic rings. The van der Waals surface area contributed by atoms with Crippen molar-refractivity contribution in [1.29, 1.82) is 0 Å². The molecule has 0 aliphatic carbocycles. The largest absolute Gasteiger partial charge is 0.338 e. The highest BCUT2D eigenvalue weighted by Gasteiger charge is 2.40. The van der Waals surface area contributed by atoms with Crippen molar-refractivity contribution in [1.82, 2.24) is 19.2 Å². The van der Waals surface area contributed by atoms with Crippen LogP contribution in [0.2, 0.25) is 0 Å². The molecular weight excluding hydrogens is 397 g/mol. The molecule has 0 saturated carbocycles. The molecule has 1 aromatic heterocycles. The van der Waals surface area contributed by atoms with Crippen molar-refractivity contribution in [3.05, 3.63) is 48.0 Å². The van der Waals surface area contributed by atoms with Gasteiger partial charge in [-0.25, -0.2) is 27.1 Å². The topological polar surface area (TPSA) is 86.7 Å². The van der Waals surface area contributed by atoms with Gasteiger partial charge in [0, 0.05) is 45.1 Å². The third-order valence-corrected chi connectivity index (χ3v) is 7.08. The monoisotopic (exact) mass is 419 g/mol. The van der Waals surface area contributed by atoms with Crippen molar-refractivity contribution in [2.75, 3.05) is 44.2 Å². The van der Waals surface area contributed by atoms with Gasteiger partial charge in [-0.2, -0.15) is 0 Å². The molecule has 8 nitrogen and oxygen atoms in total. The normalized spacial score (nSPS) is 18.9. The van der Waals surface area contributed by atoms with E-state index in [1.54, 1.807) is 18.5 Å². The Labute approximate surface area is 169 Å². The summed E-state index contributed by atoms with van der Waals surface area (Å²) in [5.41, 5.74) is 0.0469. The van der Waals surface area contributed by atoms with Crippen LogP contribution in [0.15, 0.2) is 41.6 Å². The summed E-state index contributed by atoms with van der Waals surface area (Å²) in [4.78, 5) is 25.1. The van der Waals surface area contributed by atoms with Gasteiger partial charge < -0.3 is 4.90 Å². The lowest BCUT2D eigenvalue weighted by Crippen LogP contribution is -2.47. The number of nitrogens with zero attached hydrogens (tertiary/aromatic N) is 5. The Balaban J connectivity index is 1.25. The Bertz CT molecular complexity index is 994. The molecular formula is C19H22FN5O3S. The fourth-order valence-electron chi connectivity index (χ4n) is 3.69. The molecule has 4 rings (SSSR count). The predicted octanol–water partition coefficient (Wildman–Crippen LogP) is 1.36. The standard InChI is InChI=1S/C19H22FN5O3S/c20-15-4-5-16-17(14-15)29(27,28)25(18(16)26)9-2-1-8-23-10-12-24(13-11-23)19-21-6-3-7-22-19/h3-7,14H,1-2,8-13H2. The minimum Gasteiger partial charge on any atom is -0.338 e. The molecule has 0 unspecified atom stereocenters. The lowest BCUT2D eigenvalue weighted by Gasteiger charge is -2.34. The van der Waals surface area contributed by atoms with Gasteiger partial charge in [0.1, 0.15) is 10.7 Å². The fourth-order valence-corrected chi connectivity index (χ4v) is 5.31. The van der Waals surface area contributed by atoms with Crippen LogP contribution in [0.3, 0.4) is 0 Å². The Morgan fingerprint density at radius 2 is 1.69 bits per heavy atom. The molecule has 0 bridgehead atoms. The van der Waals surface area contributed by atoms with Gasteiger partial charge in [0.05, 0.1) is 5.56 Å². The molecule has 0 atom stereocenters. The molecule has 29 heavy (non-hydrogen) atoms. The quantitative estimate of drug-likeness (QED) is 0.654. The first-order valence-corrected chi connectivity index (χ1v) is 11.0. The van der Waals surface area contributed by atoms with Crippen LogP contribution < -0.4 is 4.90 Å². The molecule has 154 valence electrons. The second-order valence-electron chi connectivity index (χ2n) is 7.11. The highest BCUT2D eigenvalue weighted by Crippen LogP contribution is 2.30. The summed E-state index contributed by atoms with van der Waals surface area (Å²) in [7, 11) is -3.95. The number of fused-ring (bicyclic) bond motifs is 1. The van der Waals surface area contributed by atoms with Gasteiger partial charge >= 0.3 is 0 Å². The summed E-state index contributed by atoms with van der Waals surface area (Å²) in [6.45, 7) is 4.37. The number of piperazine rings is 1. The molecule has 0 N–H and O–H groups in total. The number of rotatable bonds is 6. The Morgan fingerprint density at radius 1 is 1.00 bits per heavy atom. The zero-order chi connectivity index (χ0) is 20.4. The maximum Gasteiger partial charge on any atom is 0.269 e. The molecule has 10 heteroatoms. The molecule has 1 saturated heterocycles. The number of hydrogen-bond donors (Lipinski definition) is 0. The Kier molecular flexibility index (Phi) is 5.46. The minimum atomic E-state index is -3.95. The zero-order valence-electron chi connectivity index (χ0n) is 15.9. The lowest BCUT2D eigenvalue weighted by molar-refractivity contribution is 0.0868. The second-order valence-corrected chi connectivity index (χ2v) is 8.94. The zero-order valence-corrected chi connectivity index (χ0v) is 16.7. The molecule has 2 aliphatic heterocycles. The molecule has 1 amide bonds. The molecule has 0 radical (unpaired) electrons. The maximum absolute atomic E-state index is 13.4. The SMILES string of the molecule is O=C1c2ccc(F)cc2S(=O)(=O)N1CCCCN1CCN(c2ncccn2)CC1. The number of aromatic nitrogens is 2. The number of hydrogen-bond acceptors (Lipinski definition) is 7. The highest BCUT2D eigenvalue weighted by molar-refractivity contribution is 7.90. The van der Waals surface area contributed by atoms with Crippen LogP contribution in [0.25, 0.3) is 0 Å². The summed E-state index contributed by atoms with van der Waals surface area (Å²) in [5, 5.41) is 0. The highest BCUT2D eigenvalue weighted by atomic mass is 32.2. The van der Waals surface area contributed by atoms with E-state index in [1.165, 1.54) is 6.07 Å². The number of amides is 1. The summed E-state index contributed by atoms with van der Waals surface area (Å²) in [5.74, 6) is -0.501. The number of benzene rings is 1. The number of unbranched alkanes of at least 4 members (excludes halogenated alkanes) is 1. The van der Waals surface area contributed by atoms with Crippen molar-refractivity contribution in [3.8, 4) is 0 Å². The molecule has 1 aromatic carbocycles. The second kappa shape index (κ2) is 8.03. The van der Waals surface area contributed by atoms with Crippen LogP contribution in [0.4, 0.5) is 10.3 Å². The van der Waals surface area contributed by atoms with Crippen molar-refractivity contribution >= 4 is 21.9 Å². The molecule has 0 spiro atoms. The maximum atomic E-state index is 13.4. The van der Waals surface area contributed by atoms with Crippen LogP contribution in [0, 0.1) is 5.82 Å². The number of carbonyl (C=O) groups is 1. The molecule has 3 heterocycles. The summed E-state index contributed by atoms with van der Waals surface area (Å²) < 4.78 is 39.3. The van der Waals surface area contributed by atoms with Gasteiger partial charge in [-0.15, -0.1) is 0 Å².